The second-order valence-electron chi connectivity index (χ2n) is 4.70. The third-order valence-electron chi connectivity index (χ3n) is 2.93. The van der Waals surface area contributed by atoms with Crippen molar-refractivity contribution in [3.05, 3.63) is 50.8 Å². The van der Waals surface area contributed by atoms with Gasteiger partial charge in [0.15, 0.2) is 0 Å². The fourth-order valence-corrected chi connectivity index (χ4v) is 2.60. The van der Waals surface area contributed by atoms with Crippen molar-refractivity contribution in [1.82, 2.24) is 9.97 Å². The van der Waals surface area contributed by atoms with Gasteiger partial charge in [-0.1, -0.05) is 35.0 Å². The standard InChI is InChI=1S/C15H17Br2N3/c1-3-4-14-18-13(17)9-15(19-14)20(2)10-11-5-7-12(16)8-6-11/h5-9H,3-4,10H2,1-2H3. The van der Waals surface area contributed by atoms with Crippen LogP contribution in [0.25, 0.3) is 0 Å². The first-order chi connectivity index (χ1) is 9.58. The van der Waals surface area contributed by atoms with Gasteiger partial charge in [-0.15, -0.1) is 0 Å². The molecule has 1 aromatic carbocycles. The SMILES string of the molecule is CCCc1nc(Br)cc(N(C)Cc2ccc(Br)cc2)n1. The lowest BCUT2D eigenvalue weighted by molar-refractivity contribution is 0.806. The minimum Gasteiger partial charge on any atom is -0.355 e. The van der Waals surface area contributed by atoms with E-state index in [0.717, 1.165) is 40.1 Å². The number of aryl methyl sites for hydroxylation is 1. The van der Waals surface area contributed by atoms with Crippen LogP contribution < -0.4 is 4.90 Å². The van der Waals surface area contributed by atoms with Crippen molar-refractivity contribution in [3.63, 3.8) is 0 Å². The Morgan fingerprint density at radius 1 is 1.10 bits per heavy atom. The molecule has 0 radical (unpaired) electrons. The number of hydrogen-bond acceptors (Lipinski definition) is 3. The first-order valence-corrected chi connectivity index (χ1v) is 8.16. The number of hydrogen-bond donors (Lipinski definition) is 0. The summed E-state index contributed by atoms with van der Waals surface area (Å²) >= 11 is 6.91. The van der Waals surface area contributed by atoms with Gasteiger partial charge in [-0.2, -0.15) is 0 Å². The molecule has 0 unspecified atom stereocenters. The fraction of sp³-hybridized carbons (Fsp3) is 0.333. The lowest BCUT2D eigenvalue weighted by Crippen LogP contribution is -2.18. The van der Waals surface area contributed by atoms with Crippen LogP contribution in [0.4, 0.5) is 5.82 Å². The summed E-state index contributed by atoms with van der Waals surface area (Å²) in [7, 11) is 2.05. The number of halogens is 2. The highest BCUT2D eigenvalue weighted by Crippen LogP contribution is 2.19. The molecule has 0 fully saturated rings. The van der Waals surface area contributed by atoms with Crippen molar-refractivity contribution in [1.29, 1.82) is 0 Å². The second-order valence-corrected chi connectivity index (χ2v) is 6.43. The molecule has 1 heterocycles. The van der Waals surface area contributed by atoms with Crippen LogP contribution in [-0.2, 0) is 13.0 Å². The van der Waals surface area contributed by atoms with Gasteiger partial charge in [-0.25, -0.2) is 9.97 Å². The van der Waals surface area contributed by atoms with Gasteiger partial charge in [0.05, 0.1) is 0 Å². The largest absolute Gasteiger partial charge is 0.355 e. The lowest BCUT2D eigenvalue weighted by atomic mass is 10.2. The van der Waals surface area contributed by atoms with Crippen molar-refractivity contribution in [2.24, 2.45) is 0 Å². The molecule has 0 spiro atoms. The molecule has 0 atom stereocenters. The van der Waals surface area contributed by atoms with Crippen molar-refractivity contribution in [2.45, 2.75) is 26.3 Å². The number of aromatic nitrogens is 2. The number of rotatable bonds is 5. The van der Waals surface area contributed by atoms with E-state index in [2.05, 4.69) is 77.9 Å². The van der Waals surface area contributed by atoms with E-state index < -0.39 is 0 Å². The summed E-state index contributed by atoms with van der Waals surface area (Å²) in [4.78, 5) is 11.1. The molecular weight excluding hydrogens is 382 g/mol. The smallest absolute Gasteiger partial charge is 0.133 e. The molecular formula is C15H17Br2N3. The Labute approximate surface area is 136 Å². The minimum absolute atomic E-state index is 0.822. The lowest BCUT2D eigenvalue weighted by Gasteiger charge is -2.19. The molecule has 0 aliphatic rings. The van der Waals surface area contributed by atoms with E-state index in [9.17, 15) is 0 Å². The predicted octanol–water partition coefficient (Wildman–Crippen LogP) is 4.59. The Morgan fingerprint density at radius 3 is 2.45 bits per heavy atom. The van der Waals surface area contributed by atoms with Gasteiger partial charge in [0.2, 0.25) is 0 Å². The summed E-state index contributed by atoms with van der Waals surface area (Å²) < 4.78 is 1.94. The van der Waals surface area contributed by atoms with Gasteiger partial charge in [0, 0.05) is 30.6 Å². The van der Waals surface area contributed by atoms with E-state index >= 15 is 0 Å². The number of benzene rings is 1. The molecule has 0 N–H and O–H groups in total. The first-order valence-electron chi connectivity index (χ1n) is 6.57. The molecule has 20 heavy (non-hydrogen) atoms. The fourth-order valence-electron chi connectivity index (χ4n) is 1.93. The second kappa shape index (κ2) is 7.18. The monoisotopic (exact) mass is 397 g/mol. The summed E-state index contributed by atoms with van der Waals surface area (Å²) in [5.74, 6) is 1.83. The average Bonchev–Trinajstić information content (AvgIpc) is 2.41. The van der Waals surface area contributed by atoms with Gasteiger partial charge in [0.1, 0.15) is 16.2 Å². The average molecular weight is 399 g/mol. The van der Waals surface area contributed by atoms with Crippen LogP contribution in [0.3, 0.4) is 0 Å². The third-order valence-corrected chi connectivity index (χ3v) is 3.86. The third kappa shape index (κ3) is 4.28. The molecule has 0 saturated carbocycles. The molecule has 2 rings (SSSR count). The van der Waals surface area contributed by atoms with E-state index in [1.165, 1.54) is 5.56 Å². The zero-order chi connectivity index (χ0) is 14.5. The van der Waals surface area contributed by atoms with E-state index in [1.54, 1.807) is 0 Å². The predicted molar refractivity (Wildman–Crippen MR) is 90.0 cm³/mol. The Balaban J connectivity index is 2.15. The minimum atomic E-state index is 0.822. The van der Waals surface area contributed by atoms with Crippen LogP contribution >= 0.6 is 31.9 Å². The van der Waals surface area contributed by atoms with Gasteiger partial charge in [-0.05, 0) is 40.0 Å². The van der Waals surface area contributed by atoms with Crippen LogP contribution in [0, 0.1) is 0 Å². The van der Waals surface area contributed by atoms with E-state index in [4.69, 9.17) is 0 Å². The maximum absolute atomic E-state index is 4.61. The van der Waals surface area contributed by atoms with Crippen molar-refractivity contribution in [3.8, 4) is 0 Å². The summed E-state index contributed by atoms with van der Waals surface area (Å²) in [5, 5.41) is 0. The molecule has 0 amide bonds. The zero-order valence-corrected chi connectivity index (χ0v) is 14.8. The maximum atomic E-state index is 4.61. The van der Waals surface area contributed by atoms with Gasteiger partial charge >= 0.3 is 0 Å². The normalized spacial score (nSPS) is 10.6. The van der Waals surface area contributed by atoms with Gasteiger partial charge in [0.25, 0.3) is 0 Å². The Morgan fingerprint density at radius 2 is 1.80 bits per heavy atom. The Kier molecular flexibility index (Phi) is 5.54. The van der Waals surface area contributed by atoms with Gasteiger partial charge in [-0.3, -0.25) is 0 Å². The molecule has 2 aromatic rings. The zero-order valence-electron chi connectivity index (χ0n) is 11.6. The van der Waals surface area contributed by atoms with Gasteiger partial charge < -0.3 is 4.90 Å². The summed E-state index contributed by atoms with van der Waals surface area (Å²) in [5.41, 5.74) is 1.25. The molecule has 0 saturated heterocycles. The topological polar surface area (TPSA) is 29.0 Å². The van der Waals surface area contributed by atoms with Crippen LogP contribution in [0.15, 0.2) is 39.4 Å². The molecule has 3 nitrogen and oxygen atoms in total. The highest BCUT2D eigenvalue weighted by molar-refractivity contribution is 9.10. The maximum Gasteiger partial charge on any atom is 0.133 e. The van der Waals surface area contributed by atoms with Crippen molar-refractivity contribution >= 4 is 37.7 Å². The Bertz CT molecular complexity index is 570. The highest BCUT2D eigenvalue weighted by Gasteiger charge is 2.08. The molecule has 0 aliphatic heterocycles. The molecule has 106 valence electrons. The summed E-state index contributed by atoms with van der Waals surface area (Å²) in [6.07, 6.45) is 1.95. The Hall–Kier alpha value is -0.940. The van der Waals surface area contributed by atoms with Crippen LogP contribution in [0.2, 0.25) is 0 Å². The van der Waals surface area contributed by atoms with E-state index in [1.807, 2.05) is 13.1 Å². The first kappa shape index (κ1) is 15.4. The van der Waals surface area contributed by atoms with Crippen molar-refractivity contribution in [2.75, 3.05) is 11.9 Å². The summed E-state index contributed by atoms with van der Waals surface area (Å²) in [6, 6.07) is 10.3. The number of nitrogens with zero attached hydrogens (tertiary/aromatic N) is 3. The van der Waals surface area contributed by atoms with Crippen LogP contribution in [0.1, 0.15) is 24.7 Å². The molecule has 0 bridgehead atoms. The van der Waals surface area contributed by atoms with E-state index in [0.29, 0.717) is 0 Å². The molecule has 1 aromatic heterocycles. The summed E-state index contributed by atoms with van der Waals surface area (Å²) in [6.45, 7) is 2.96. The highest BCUT2D eigenvalue weighted by atomic mass is 79.9. The molecule has 5 heteroatoms. The van der Waals surface area contributed by atoms with Crippen molar-refractivity contribution < 1.29 is 0 Å². The van der Waals surface area contributed by atoms with Crippen LogP contribution in [-0.4, -0.2) is 17.0 Å². The molecule has 0 aliphatic carbocycles. The quantitative estimate of drug-likeness (QED) is 0.689. The number of anilines is 1. The van der Waals surface area contributed by atoms with Crippen LogP contribution in [0.5, 0.6) is 0 Å². The van der Waals surface area contributed by atoms with E-state index in [-0.39, 0.29) is 0 Å².